The van der Waals surface area contributed by atoms with Gasteiger partial charge in [0.2, 0.25) is 0 Å². The minimum absolute atomic E-state index is 0.692. The minimum atomic E-state index is 0.692. The van der Waals surface area contributed by atoms with Crippen LogP contribution in [-0.4, -0.2) is 21.5 Å². The second-order valence-corrected chi connectivity index (χ2v) is 5.57. The predicted molar refractivity (Wildman–Crippen MR) is 85.6 cm³/mol. The zero-order valence-electron chi connectivity index (χ0n) is 11.4. The highest BCUT2D eigenvalue weighted by molar-refractivity contribution is 7.71. The van der Waals surface area contributed by atoms with Gasteiger partial charge in [-0.05, 0) is 24.3 Å². The molecule has 3 heterocycles. The van der Waals surface area contributed by atoms with Crippen LogP contribution in [0, 0.1) is 4.64 Å². The van der Waals surface area contributed by atoms with Gasteiger partial charge in [-0.3, -0.25) is 4.98 Å². The molecular formula is C16H14N4S. The fourth-order valence-corrected chi connectivity index (χ4v) is 3.01. The van der Waals surface area contributed by atoms with Crippen molar-refractivity contribution in [2.24, 2.45) is 0 Å². The summed E-state index contributed by atoms with van der Waals surface area (Å²) in [5.41, 5.74) is 4.36. The van der Waals surface area contributed by atoms with Crippen molar-refractivity contribution in [1.82, 2.24) is 20.3 Å². The summed E-state index contributed by atoms with van der Waals surface area (Å²) in [7, 11) is 0. The van der Waals surface area contributed by atoms with Gasteiger partial charge in [-0.2, -0.15) is 0 Å². The highest BCUT2D eigenvalue weighted by Gasteiger charge is 2.13. The van der Waals surface area contributed by atoms with Gasteiger partial charge in [0, 0.05) is 47.9 Å². The Hall–Kier alpha value is -2.11. The summed E-state index contributed by atoms with van der Waals surface area (Å²) in [6, 6.07) is 10.2. The number of fused-ring (bicyclic) bond motifs is 2. The van der Waals surface area contributed by atoms with Crippen LogP contribution in [-0.2, 0) is 13.0 Å². The highest BCUT2D eigenvalue weighted by Crippen LogP contribution is 2.23. The Morgan fingerprint density at radius 3 is 3.10 bits per heavy atom. The summed E-state index contributed by atoms with van der Waals surface area (Å²) in [5.74, 6) is 0.839. The number of aromatic amines is 1. The lowest BCUT2D eigenvalue weighted by Crippen LogP contribution is -2.25. The Balaban J connectivity index is 1.88. The molecule has 4 rings (SSSR count). The van der Waals surface area contributed by atoms with Crippen molar-refractivity contribution in [3.8, 4) is 11.4 Å². The fourth-order valence-electron chi connectivity index (χ4n) is 2.73. The Labute approximate surface area is 127 Å². The maximum Gasteiger partial charge on any atom is 0.139 e. The molecule has 21 heavy (non-hydrogen) atoms. The van der Waals surface area contributed by atoms with Crippen LogP contribution >= 0.6 is 12.2 Å². The molecule has 1 aliphatic heterocycles. The Kier molecular flexibility index (Phi) is 3.02. The molecule has 0 bridgehead atoms. The quantitative estimate of drug-likeness (QED) is 0.677. The van der Waals surface area contributed by atoms with Crippen LogP contribution in [0.15, 0.2) is 36.5 Å². The number of pyridine rings is 1. The maximum absolute atomic E-state index is 5.44. The lowest BCUT2D eigenvalue weighted by atomic mass is 10.1. The van der Waals surface area contributed by atoms with Crippen molar-refractivity contribution in [1.29, 1.82) is 0 Å². The number of benzene rings is 1. The predicted octanol–water partition coefficient (Wildman–Crippen LogP) is 3.00. The molecule has 5 heteroatoms. The van der Waals surface area contributed by atoms with Gasteiger partial charge in [-0.1, -0.05) is 18.3 Å². The van der Waals surface area contributed by atoms with E-state index in [0.717, 1.165) is 47.4 Å². The van der Waals surface area contributed by atoms with Crippen molar-refractivity contribution in [2.45, 2.75) is 13.0 Å². The summed E-state index contributed by atoms with van der Waals surface area (Å²) in [5, 5.41) is 4.44. The molecule has 2 N–H and O–H groups in total. The lowest BCUT2D eigenvalue weighted by Gasteiger charge is -2.17. The third kappa shape index (κ3) is 2.24. The second kappa shape index (κ2) is 5.02. The number of nitrogens with one attached hydrogen (secondary N) is 2. The molecule has 0 saturated heterocycles. The van der Waals surface area contributed by atoms with Gasteiger partial charge in [0.1, 0.15) is 10.5 Å². The van der Waals surface area contributed by atoms with Crippen LogP contribution in [0.4, 0.5) is 0 Å². The van der Waals surface area contributed by atoms with E-state index in [0.29, 0.717) is 4.64 Å². The zero-order chi connectivity index (χ0) is 14.2. The fraction of sp³-hybridized carbons (Fsp3) is 0.188. The molecule has 0 saturated carbocycles. The molecular weight excluding hydrogens is 280 g/mol. The lowest BCUT2D eigenvalue weighted by molar-refractivity contribution is 0.624. The first-order valence-corrected chi connectivity index (χ1v) is 7.40. The van der Waals surface area contributed by atoms with Gasteiger partial charge in [0.25, 0.3) is 0 Å². The first kappa shape index (κ1) is 12.6. The van der Waals surface area contributed by atoms with E-state index in [1.807, 2.05) is 18.2 Å². The largest absolute Gasteiger partial charge is 0.343 e. The van der Waals surface area contributed by atoms with Gasteiger partial charge >= 0.3 is 0 Å². The van der Waals surface area contributed by atoms with E-state index in [4.69, 9.17) is 12.2 Å². The third-order valence-corrected chi connectivity index (χ3v) is 4.17. The van der Waals surface area contributed by atoms with Gasteiger partial charge in [0.05, 0.1) is 5.52 Å². The summed E-state index contributed by atoms with van der Waals surface area (Å²) in [6.07, 6.45) is 2.77. The van der Waals surface area contributed by atoms with Crippen LogP contribution in [0.2, 0.25) is 0 Å². The zero-order valence-corrected chi connectivity index (χ0v) is 12.2. The van der Waals surface area contributed by atoms with Crippen molar-refractivity contribution in [3.63, 3.8) is 0 Å². The number of nitrogens with zero attached hydrogens (tertiary/aromatic N) is 2. The van der Waals surface area contributed by atoms with Crippen molar-refractivity contribution < 1.29 is 0 Å². The van der Waals surface area contributed by atoms with Gasteiger partial charge < -0.3 is 10.3 Å². The molecule has 0 fully saturated rings. The molecule has 3 aromatic rings. The Morgan fingerprint density at radius 2 is 2.14 bits per heavy atom. The molecule has 0 amide bonds. The average molecular weight is 294 g/mol. The second-order valence-electron chi connectivity index (χ2n) is 5.19. The highest BCUT2D eigenvalue weighted by atomic mass is 32.1. The first-order valence-electron chi connectivity index (χ1n) is 6.99. The molecule has 0 radical (unpaired) electrons. The number of aromatic nitrogens is 3. The van der Waals surface area contributed by atoms with Crippen molar-refractivity contribution in [3.05, 3.63) is 52.4 Å². The van der Waals surface area contributed by atoms with Crippen LogP contribution in [0.25, 0.3) is 22.3 Å². The smallest absolute Gasteiger partial charge is 0.139 e. The molecule has 0 spiro atoms. The molecule has 104 valence electrons. The summed E-state index contributed by atoms with van der Waals surface area (Å²) in [4.78, 5) is 12.4. The van der Waals surface area contributed by atoms with E-state index >= 15 is 0 Å². The van der Waals surface area contributed by atoms with Crippen LogP contribution < -0.4 is 5.32 Å². The minimum Gasteiger partial charge on any atom is -0.343 e. The van der Waals surface area contributed by atoms with E-state index in [9.17, 15) is 0 Å². The Bertz CT molecular complexity index is 885. The van der Waals surface area contributed by atoms with Gasteiger partial charge in [-0.25, -0.2) is 4.98 Å². The first-order chi connectivity index (χ1) is 10.3. The normalized spacial score (nSPS) is 14.1. The topological polar surface area (TPSA) is 53.6 Å². The standard InChI is InChI=1S/C16H14N4S/c21-16-12-9-17-7-5-14(12)19-15(20-16)11-3-4-13-10(8-11)2-1-6-18-13/h1-4,6,8,17H,5,7,9H2,(H,19,20,21). The molecule has 0 unspecified atom stereocenters. The summed E-state index contributed by atoms with van der Waals surface area (Å²) >= 11 is 5.44. The molecule has 4 nitrogen and oxygen atoms in total. The van der Waals surface area contributed by atoms with Crippen LogP contribution in [0.5, 0.6) is 0 Å². The SMILES string of the molecule is S=c1nc(-c2ccc3ncccc3c2)[nH]c2c1CNCC2. The van der Waals surface area contributed by atoms with Gasteiger partial charge in [-0.15, -0.1) is 0 Å². The van der Waals surface area contributed by atoms with E-state index in [1.165, 1.54) is 5.69 Å². The average Bonchev–Trinajstić information content (AvgIpc) is 2.54. The number of rotatable bonds is 1. The van der Waals surface area contributed by atoms with Crippen molar-refractivity contribution >= 4 is 23.1 Å². The summed E-state index contributed by atoms with van der Waals surface area (Å²) in [6.45, 7) is 1.78. The maximum atomic E-state index is 5.44. The number of hydrogen-bond acceptors (Lipinski definition) is 4. The molecule has 0 atom stereocenters. The molecule has 0 aliphatic carbocycles. The van der Waals surface area contributed by atoms with Gasteiger partial charge in [0.15, 0.2) is 0 Å². The summed E-state index contributed by atoms with van der Waals surface area (Å²) < 4.78 is 0.692. The van der Waals surface area contributed by atoms with E-state index in [-0.39, 0.29) is 0 Å². The van der Waals surface area contributed by atoms with E-state index in [2.05, 4.69) is 32.4 Å². The monoisotopic (exact) mass is 294 g/mol. The molecule has 1 aliphatic rings. The molecule has 2 aromatic heterocycles. The van der Waals surface area contributed by atoms with E-state index < -0.39 is 0 Å². The molecule has 1 aromatic carbocycles. The number of H-pyrrole nitrogens is 1. The Morgan fingerprint density at radius 1 is 1.19 bits per heavy atom. The van der Waals surface area contributed by atoms with Crippen LogP contribution in [0.3, 0.4) is 0 Å². The van der Waals surface area contributed by atoms with Crippen LogP contribution in [0.1, 0.15) is 11.3 Å². The van der Waals surface area contributed by atoms with Crippen molar-refractivity contribution in [2.75, 3.05) is 6.54 Å². The number of hydrogen-bond donors (Lipinski definition) is 2. The third-order valence-electron chi connectivity index (χ3n) is 3.84. The van der Waals surface area contributed by atoms with E-state index in [1.54, 1.807) is 6.20 Å².